The summed E-state index contributed by atoms with van der Waals surface area (Å²) < 4.78 is 42.2. The maximum Gasteiger partial charge on any atom is 0.306 e. The molecular weight excluding hydrogens is 409 g/mol. The van der Waals surface area contributed by atoms with Crippen molar-refractivity contribution in [2.24, 2.45) is 0 Å². The first-order valence-electron chi connectivity index (χ1n) is 9.18. The fraction of sp³-hybridized carbons (Fsp3) is 0.190. The van der Waals surface area contributed by atoms with E-state index in [1.807, 2.05) is 6.07 Å². The minimum Gasteiger partial charge on any atom is -0.364 e. The van der Waals surface area contributed by atoms with Crippen molar-refractivity contribution in [3.05, 3.63) is 83.3 Å². The van der Waals surface area contributed by atoms with Gasteiger partial charge in [-0.05, 0) is 36.4 Å². The van der Waals surface area contributed by atoms with Crippen LogP contribution in [0.1, 0.15) is 22.6 Å². The summed E-state index contributed by atoms with van der Waals surface area (Å²) in [4.78, 5) is 23.8. The summed E-state index contributed by atoms with van der Waals surface area (Å²) in [5.41, 5.74) is -0.0946. The van der Waals surface area contributed by atoms with Crippen LogP contribution >= 0.6 is 0 Å². The third-order valence-electron chi connectivity index (χ3n) is 4.24. The molecule has 7 nitrogen and oxygen atoms in total. The van der Waals surface area contributed by atoms with E-state index in [4.69, 9.17) is 0 Å². The first-order valence-corrected chi connectivity index (χ1v) is 9.18. The second-order valence-corrected chi connectivity index (χ2v) is 6.46. The minimum atomic E-state index is -3.25. The van der Waals surface area contributed by atoms with Gasteiger partial charge in [-0.25, -0.2) is 9.37 Å². The van der Waals surface area contributed by atoms with E-state index in [0.717, 1.165) is 0 Å². The van der Waals surface area contributed by atoms with Crippen molar-refractivity contribution in [2.45, 2.75) is 18.9 Å². The summed E-state index contributed by atoms with van der Waals surface area (Å²) in [5, 5.41) is 14.3. The van der Waals surface area contributed by atoms with Crippen LogP contribution in [0.25, 0.3) is 0 Å². The Morgan fingerprint density at radius 2 is 1.87 bits per heavy atom. The number of nitriles is 1. The van der Waals surface area contributed by atoms with E-state index >= 15 is 0 Å². The lowest BCUT2D eigenvalue weighted by Gasteiger charge is -2.17. The van der Waals surface area contributed by atoms with Gasteiger partial charge in [0.05, 0.1) is 36.5 Å². The van der Waals surface area contributed by atoms with Crippen LogP contribution in [0.15, 0.2) is 54.9 Å². The van der Waals surface area contributed by atoms with E-state index in [1.54, 1.807) is 0 Å². The van der Waals surface area contributed by atoms with Crippen LogP contribution < -0.4 is 10.6 Å². The summed E-state index contributed by atoms with van der Waals surface area (Å²) in [5.74, 6) is -4.25. The molecule has 0 aliphatic carbocycles. The highest BCUT2D eigenvalue weighted by atomic mass is 19.3. The zero-order valence-corrected chi connectivity index (χ0v) is 16.1. The second-order valence-electron chi connectivity index (χ2n) is 6.46. The van der Waals surface area contributed by atoms with Gasteiger partial charge in [0.25, 0.3) is 0 Å². The molecule has 2 N–H and O–H groups in total. The fourth-order valence-corrected chi connectivity index (χ4v) is 2.65. The van der Waals surface area contributed by atoms with Crippen LogP contribution in [0.2, 0.25) is 0 Å². The van der Waals surface area contributed by atoms with E-state index in [1.165, 1.54) is 54.9 Å². The molecule has 0 radical (unpaired) electrons. The summed E-state index contributed by atoms with van der Waals surface area (Å²) in [6.07, 6.45) is 2.38. The number of hydrogen-bond donors (Lipinski definition) is 2. The smallest absolute Gasteiger partial charge is 0.306 e. The Morgan fingerprint density at radius 3 is 2.58 bits per heavy atom. The molecule has 0 aliphatic rings. The van der Waals surface area contributed by atoms with E-state index in [9.17, 15) is 23.2 Å². The molecule has 0 aromatic carbocycles. The molecule has 0 bridgehead atoms. The summed E-state index contributed by atoms with van der Waals surface area (Å²) >= 11 is 0. The number of pyridine rings is 3. The first kappa shape index (κ1) is 21.7. The van der Waals surface area contributed by atoms with Gasteiger partial charge in [-0.3, -0.25) is 14.8 Å². The first-order chi connectivity index (χ1) is 14.9. The van der Waals surface area contributed by atoms with Crippen LogP contribution in [0.3, 0.4) is 0 Å². The molecule has 0 saturated carbocycles. The molecule has 0 unspecified atom stereocenters. The van der Waals surface area contributed by atoms with Crippen LogP contribution in [-0.2, 0) is 23.7 Å². The lowest BCUT2D eigenvalue weighted by molar-refractivity contribution is -0.120. The van der Waals surface area contributed by atoms with Gasteiger partial charge in [-0.15, -0.1) is 0 Å². The highest BCUT2D eigenvalue weighted by Gasteiger charge is 2.32. The largest absolute Gasteiger partial charge is 0.364 e. The molecule has 10 heteroatoms. The van der Waals surface area contributed by atoms with Crippen molar-refractivity contribution < 1.29 is 18.0 Å². The SMILES string of the molecule is N#Cc1ccc(NCC(F)(F)c2ccccn2)nc1CC(=O)NCc1ncccc1F. The van der Waals surface area contributed by atoms with Gasteiger partial charge < -0.3 is 10.6 Å². The fourth-order valence-electron chi connectivity index (χ4n) is 2.65. The van der Waals surface area contributed by atoms with Crippen molar-refractivity contribution in [3.8, 4) is 6.07 Å². The molecule has 0 spiro atoms. The van der Waals surface area contributed by atoms with Gasteiger partial charge >= 0.3 is 5.92 Å². The molecule has 3 rings (SSSR count). The molecule has 31 heavy (non-hydrogen) atoms. The molecule has 3 heterocycles. The van der Waals surface area contributed by atoms with Crippen LogP contribution in [0, 0.1) is 17.1 Å². The van der Waals surface area contributed by atoms with Crippen LogP contribution in [-0.4, -0.2) is 27.4 Å². The number of carbonyl (C=O) groups excluding carboxylic acids is 1. The Bertz CT molecular complexity index is 1100. The maximum atomic E-state index is 14.3. The number of rotatable bonds is 8. The standard InChI is InChI=1S/C21H17F3N6O/c22-15-4-3-9-26-17(15)12-28-20(31)10-16-14(11-25)6-7-19(30-16)29-13-21(23,24)18-5-1-2-8-27-18/h1-9H,10,12-13H2,(H,28,31)(H,29,30). The molecule has 0 saturated heterocycles. The molecule has 3 aromatic heterocycles. The molecule has 158 valence electrons. The number of anilines is 1. The van der Waals surface area contributed by atoms with E-state index < -0.39 is 29.9 Å². The average Bonchev–Trinajstić information content (AvgIpc) is 2.78. The Balaban J connectivity index is 1.65. The van der Waals surface area contributed by atoms with Gasteiger partial charge in [0, 0.05) is 12.4 Å². The third kappa shape index (κ3) is 5.76. The van der Waals surface area contributed by atoms with E-state index in [2.05, 4.69) is 25.6 Å². The highest BCUT2D eigenvalue weighted by molar-refractivity contribution is 5.78. The van der Waals surface area contributed by atoms with Crippen LogP contribution in [0.5, 0.6) is 0 Å². The number of hydrogen-bond acceptors (Lipinski definition) is 6. The molecule has 0 fully saturated rings. The summed E-state index contributed by atoms with van der Waals surface area (Å²) in [6, 6.07) is 11.5. The van der Waals surface area contributed by atoms with Crippen molar-refractivity contribution in [1.29, 1.82) is 5.26 Å². The number of nitrogens with one attached hydrogen (secondary N) is 2. The van der Waals surface area contributed by atoms with Crippen molar-refractivity contribution in [3.63, 3.8) is 0 Å². The molecule has 3 aromatic rings. The zero-order chi connectivity index (χ0) is 22.3. The number of halogens is 3. The summed E-state index contributed by atoms with van der Waals surface area (Å²) in [6.45, 7) is -0.908. The second kappa shape index (κ2) is 9.67. The summed E-state index contributed by atoms with van der Waals surface area (Å²) in [7, 11) is 0. The number of amides is 1. The normalized spacial score (nSPS) is 10.9. The van der Waals surface area contributed by atoms with Gasteiger partial charge in [0.15, 0.2) is 0 Å². The molecule has 0 aliphatic heterocycles. The average molecular weight is 426 g/mol. The number of alkyl halides is 2. The zero-order valence-electron chi connectivity index (χ0n) is 16.1. The van der Waals surface area contributed by atoms with Crippen molar-refractivity contribution in [2.75, 3.05) is 11.9 Å². The Morgan fingerprint density at radius 1 is 1.06 bits per heavy atom. The van der Waals surface area contributed by atoms with Crippen molar-refractivity contribution >= 4 is 11.7 Å². The predicted molar refractivity (Wildman–Crippen MR) is 105 cm³/mol. The van der Waals surface area contributed by atoms with E-state index in [0.29, 0.717) is 0 Å². The monoisotopic (exact) mass is 426 g/mol. The predicted octanol–water partition coefficient (Wildman–Crippen LogP) is 2.95. The Hall–Kier alpha value is -4.00. The van der Waals surface area contributed by atoms with Gasteiger partial charge in [0.2, 0.25) is 5.91 Å². The quantitative estimate of drug-likeness (QED) is 0.574. The van der Waals surface area contributed by atoms with Crippen LogP contribution in [0.4, 0.5) is 19.0 Å². The lowest BCUT2D eigenvalue weighted by Crippen LogP contribution is -2.27. The Kier molecular flexibility index (Phi) is 6.77. The maximum absolute atomic E-state index is 14.3. The highest BCUT2D eigenvalue weighted by Crippen LogP contribution is 2.26. The number of nitrogens with zero attached hydrogens (tertiary/aromatic N) is 4. The Labute approximate surface area is 176 Å². The molecule has 0 atom stereocenters. The van der Waals surface area contributed by atoms with Gasteiger partial charge in [0.1, 0.15) is 23.4 Å². The van der Waals surface area contributed by atoms with Gasteiger partial charge in [-0.1, -0.05) is 6.07 Å². The minimum absolute atomic E-state index is 0.0662. The number of carbonyl (C=O) groups is 1. The lowest BCUT2D eigenvalue weighted by atomic mass is 10.1. The number of aromatic nitrogens is 3. The third-order valence-corrected chi connectivity index (χ3v) is 4.24. The molecule has 1 amide bonds. The molecular formula is C21H17F3N6O. The van der Waals surface area contributed by atoms with E-state index in [-0.39, 0.29) is 35.7 Å². The van der Waals surface area contributed by atoms with Gasteiger partial charge in [-0.2, -0.15) is 14.0 Å². The topological polar surface area (TPSA) is 104 Å². The van der Waals surface area contributed by atoms with Crippen molar-refractivity contribution in [1.82, 2.24) is 20.3 Å².